The van der Waals surface area contributed by atoms with Gasteiger partial charge in [-0.3, -0.25) is 9.78 Å². The number of amides is 1. The molecule has 1 unspecified atom stereocenters. The summed E-state index contributed by atoms with van der Waals surface area (Å²) in [5, 5.41) is 0.468. The van der Waals surface area contributed by atoms with Crippen LogP contribution in [-0.4, -0.2) is 34.0 Å². The third-order valence-electron chi connectivity index (χ3n) is 7.44. The Labute approximate surface area is 209 Å². The predicted molar refractivity (Wildman–Crippen MR) is 143 cm³/mol. The molecule has 0 N–H and O–H groups in total. The van der Waals surface area contributed by atoms with E-state index < -0.39 is 0 Å². The molecule has 4 nitrogen and oxygen atoms in total. The first-order valence-electron chi connectivity index (χ1n) is 13.3. The van der Waals surface area contributed by atoms with Crippen molar-refractivity contribution in [1.29, 1.82) is 0 Å². The van der Waals surface area contributed by atoms with Gasteiger partial charge in [0.05, 0.1) is 11.9 Å². The minimum atomic E-state index is 0.0000667. The largest absolute Gasteiger partial charge is 0.484 e. The minimum absolute atomic E-state index is 0.0000667. The molecule has 5 heteroatoms. The fraction of sp³-hybridized carbons (Fsp3) is 0.586. The molecule has 1 aliphatic carbocycles. The van der Waals surface area contributed by atoms with Crippen LogP contribution in [0.25, 0.3) is 0 Å². The molecule has 1 aromatic heterocycles. The maximum atomic E-state index is 13.3. The maximum Gasteiger partial charge on any atom is 0.264 e. The molecule has 1 aliphatic heterocycles. The van der Waals surface area contributed by atoms with Crippen molar-refractivity contribution in [2.24, 2.45) is 0 Å². The van der Waals surface area contributed by atoms with Crippen LogP contribution in [0.4, 0.5) is 5.69 Å². The van der Waals surface area contributed by atoms with Gasteiger partial charge in [-0.05, 0) is 61.9 Å². The molecule has 184 valence electrons. The average Bonchev–Trinajstić information content (AvgIpc) is 3.28. The van der Waals surface area contributed by atoms with E-state index in [-0.39, 0.29) is 12.5 Å². The second-order valence-electron chi connectivity index (χ2n) is 9.94. The average molecular weight is 481 g/mol. The molecular formula is C29H40N2O2S. The van der Waals surface area contributed by atoms with E-state index in [1.54, 1.807) is 12.4 Å². The summed E-state index contributed by atoms with van der Waals surface area (Å²) in [5.41, 5.74) is 2.13. The molecule has 1 atom stereocenters. The van der Waals surface area contributed by atoms with E-state index in [2.05, 4.69) is 35.8 Å². The summed E-state index contributed by atoms with van der Waals surface area (Å²) in [4.78, 5) is 19.5. The van der Waals surface area contributed by atoms with Gasteiger partial charge in [0.25, 0.3) is 5.91 Å². The van der Waals surface area contributed by atoms with Crippen molar-refractivity contribution in [3.05, 3.63) is 54.4 Å². The number of ether oxygens (including phenoxy) is 1. The summed E-state index contributed by atoms with van der Waals surface area (Å²) in [6.45, 7) is 2.91. The van der Waals surface area contributed by atoms with Gasteiger partial charge in [0, 0.05) is 22.7 Å². The van der Waals surface area contributed by atoms with Gasteiger partial charge >= 0.3 is 0 Å². The van der Waals surface area contributed by atoms with Gasteiger partial charge in [-0.15, -0.1) is 11.8 Å². The van der Waals surface area contributed by atoms with E-state index >= 15 is 0 Å². The molecule has 4 rings (SSSR count). The zero-order chi connectivity index (χ0) is 23.6. The van der Waals surface area contributed by atoms with Crippen molar-refractivity contribution in [2.45, 2.75) is 94.0 Å². The second-order valence-corrected chi connectivity index (χ2v) is 11.7. The van der Waals surface area contributed by atoms with Crippen LogP contribution in [0.15, 0.2) is 48.8 Å². The van der Waals surface area contributed by atoms with E-state index in [0.29, 0.717) is 10.00 Å². The Kier molecular flexibility index (Phi) is 9.32. The van der Waals surface area contributed by atoms with Gasteiger partial charge in [0.1, 0.15) is 5.75 Å². The van der Waals surface area contributed by atoms with Crippen molar-refractivity contribution in [3.8, 4) is 5.75 Å². The number of nitrogens with zero attached hydrogens (tertiary/aromatic N) is 2. The first-order valence-corrected chi connectivity index (χ1v) is 14.2. The van der Waals surface area contributed by atoms with Crippen molar-refractivity contribution < 1.29 is 9.53 Å². The number of hydrogen-bond donors (Lipinski definition) is 0. The predicted octanol–water partition coefficient (Wildman–Crippen LogP) is 7.21. The number of hydrogen-bond acceptors (Lipinski definition) is 4. The highest BCUT2D eigenvalue weighted by atomic mass is 32.2. The van der Waals surface area contributed by atoms with Crippen molar-refractivity contribution in [2.75, 3.05) is 18.1 Å². The van der Waals surface area contributed by atoms with Gasteiger partial charge in [-0.25, -0.2) is 0 Å². The van der Waals surface area contributed by atoms with Crippen molar-refractivity contribution in [3.63, 3.8) is 0 Å². The lowest BCUT2D eigenvalue weighted by Crippen LogP contribution is -2.39. The SMILES string of the molecule is CCc1ccc(OCC(=O)N(CC2CCC3(CCCCCCCCC3)S2)c2cccnc2)cc1. The molecule has 2 fully saturated rings. The zero-order valence-corrected chi connectivity index (χ0v) is 21.5. The Morgan fingerprint density at radius 3 is 2.38 bits per heavy atom. The van der Waals surface area contributed by atoms with Crippen LogP contribution in [0.2, 0.25) is 0 Å². The Hall–Kier alpha value is -2.01. The Morgan fingerprint density at radius 2 is 1.74 bits per heavy atom. The molecule has 1 saturated carbocycles. The summed E-state index contributed by atoms with van der Waals surface area (Å²) in [6, 6.07) is 11.9. The van der Waals surface area contributed by atoms with E-state index in [1.807, 2.05) is 29.2 Å². The maximum absolute atomic E-state index is 13.3. The molecule has 2 aliphatic rings. The van der Waals surface area contributed by atoms with Crippen LogP contribution in [0, 0.1) is 0 Å². The summed E-state index contributed by atoms with van der Waals surface area (Å²) < 4.78 is 6.30. The molecule has 0 bridgehead atoms. The molecule has 1 amide bonds. The number of anilines is 1. The van der Waals surface area contributed by atoms with Gasteiger partial charge in [0.2, 0.25) is 0 Å². The van der Waals surface area contributed by atoms with Crippen LogP contribution in [0.5, 0.6) is 5.75 Å². The van der Waals surface area contributed by atoms with Gasteiger partial charge in [-0.2, -0.15) is 0 Å². The molecule has 1 aromatic carbocycles. The Balaban J connectivity index is 1.40. The first kappa shape index (κ1) is 25.1. The normalized spacial score (nSPS) is 20.7. The van der Waals surface area contributed by atoms with Crippen molar-refractivity contribution in [1.82, 2.24) is 4.98 Å². The van der Waals surface area contributed by atoms with Gasteiger partial charge < -0.3 is 9.64 Å². The van der Waals surface area contributed by atoms with E-state index in [4.69, 9.17) is 4.74 Å². The summed E-state index contributed by atoms with van der Waals surface area (Å²) in [6.07, 6.45) is 19.4. The lowest BCUT2D eigenvalue weighted by Gasteiger charge is -2.31. The number of thioether (sulfide) groups is 1. The van der Waals surface area contributed by atoms with Crippen LogP contribution in [0.3, 0.4) is 0 Å². The number of carbonyl (C=O) groups excluding carboxylic acids is 1. The van der Waals surface area contributed by atoms with Crippen LogP contribution >= 0.6 is 11.8 Å². The summed E-state index contributed by atoms with van der Waals surface area (Å²) in [7, 11) is 0. The molecule has 2 aromatic rings. The molecule has 34 heavy (non-hydrogen) atoms. The van der Waals surface area contributed by atoms with Gasteiger partial charge in [-0.1, -0.05) is 64.0 Å². The van der Waals surface area contributed by atoms with Crippen LogP contribution in [0.1, 0.15) is 83.1 Å². The second kappa shape index (κ2) is 12.6. The summed E-state index contributed by atoms with van der Waals surface area (Å²) in [5.74, 6) is 0.743. The number of aryl methyl sites for hydroxylation is 1. The summed E-state index contributed by atoms with van der Waals surface area (Å²) >= 11 is 2.18. The fourth-order valence-electron chi connectivity index (χ4n) is 5.41. The Bertz CT molecular complexity index is 877. The van der Waals surface area contributed by atoms with Crippen molar-refractivity contribution >= 4 is 23.4 Å². The number of rotatable bonds is 7. The lowest BCUT2D eigenvalue weighted by atomic mass is 9.88. The molecule has 2 heterocycles. The number of pyridine rings is 1. The molecule has 1 spiro atoms. The standard InChI is InChI=1S/C29H40N2O2S/c1-2-24-12-14-26(15-13-24)33-23-28(32)31(25-11-10-20-30-21-25)22-27-16-19-29(34-27)17-8-6-4-3-5-7-9-18-29/h10-15,20-21,27H,2-9,16-19,22-23H2,1H3. The van der Waals surface area contributed by atoms with E-state index in [9.17, 15) is 4.79 Å². The molecular weight excluding hydrogens is 440 g/mol. The lowest BCUT2D eigenvalue weighted by molar-refractivity contribution is -0.120. The monoisotopic (exact) mass is 480 g/mol. The first-order chi connectivity index (χ1) is 16.7. The molecule has 0 radical (unpaired) electrons. The fourth-order valence-corrected chi connectivity index (χ4v) is 7.33. The topological polar surface area (TPSA) is 42.4 Å². The number of aromatic nitrogens is 1. The highest BCUT2D eigenvalue weighted by molar-refractivity contribution is 8.01. The van der Waals surface area contributed by atoms with Gasteiger partial charge in [0.15, 0.2) is 6.61 Å². The Morgan fingerprint density at radius 1 is 1.03 bits per heavy atom. The van der Waals surface area contributed by atoms with Crippen LogP contribution < -0.4 is 9.64 Å². The number of benzene rings is 1. The highest BCUT2D eigenvalue weighted by Crippen LogP contribution is 2.50. The highest BCUT2D eigenvalue weighted by Gasteiger charge is 2.40. The van der Waals surface area contributed by atoms with Crippen LogP contribution in [-0.2, 0) is 11.2 Å². The third kappa shape index (κ3) is 7.00. The molecule has 1 saturated heterocycles. The zero-order valence-electron chi connectivity index (χ0n) is 20.7. The third-order valence-corrected chi connectivity index (χ3v) is 9.27. The number of carbonyl (C=O) groups is 1. The smallest absolute Gasteiger partial charge is 0.264 e. The van der Waals surface area contributed by atoms with E-state index in [1.165, 1.54) is 76.2 Å². The van der Waals surface area contributed by atoms with E-state index in [0.717, 1.165) is 24.4 Å². The minimum Gasteiger partial charge on any atom is -0.484 e. The quantitative estimate of drug-likeness (QED) is 0.420.